The van der Waals surface area contributed by atoms with E-state index in [4.69, 9.17) is 9.51 Å². The zero-order chi connectivity index (χ0) is 22.0. The van der Waals surface area contributed by atoms with Crippen molar-refractivity contribution in [1.82, 2.24) is 25.0 Å². The summed E-state index contributed by atoms with van der Waals surface area (Å²) in [5.74, 6) is 1.61. The van der Waals surface area contributed by atoms with E-state index in [0.717, 1.165) is 35.6 Å². The molecule has 0 bridgehead atoms. The summed E-state index contributed by atoms with van der Waals surface area (Å²) in [4.78, 5) is 28.3. The van der Waals surface area contributed by atoms with Gasteiger partial charge in [-0.15, -0.1) is 0 Å². The topological polar surface area (TPSA) is 97.0 Å². The van der Waals surface area contributed by atoms with Crippen LogP contribution in [0.4, 0.5) is 11.6 Å². The van der Waals surface area contributed by atoms with Crippen molar-refractivity contribution in [1.29, 1.82) is 0 Å². The van der Waals surface area contributed by atoms with E-state index in [-0.39, 0.29) is 11.8 Å². The summed E-state index contributed by atoms with van der Waals surface area (Å²) in [6, 6.07) is 5.84. The molecular formula is C23H28N6O2. The number of aromatic nitrogens is 4. The Morgan fingerprint density at radius 3 is 2.55 bits per heavy atom. The van der Waals surface area contributed by atoms with Gasteiger partial charge >= 0.3 is 0 Å². The van der Waals surface area contributed by atoms with Crippen molar-refractivity contribution in [3.05, 3.63) is 59.0 Å². The lowest BCUT2D eigenvalue weighted by atomic mass is 9.92. The third kappa shape index (κ3) is 4.57. The number of hydrogen-bond donors (Lipinski definition) is 1. The van der Waals surface area contributed by atoms with Crippen LogP contribution in [0.5, 0.6) is 0 Å². The van der Waals surface area contributed by atoms with Gasteiger partial charge in [0.25, 0.3) is 5.91 Å². The standard InChI is InChI=1S/C23H28N6O2/c1-14(2)21-20(16(4)31-28-21)22(30)29-10-6-17(7-11-29)19-13-18(12-15(3)26-19)27-23-24-8-5-9-25-23/h5,8-9,12-14,17H,6-7,10-11H2,1-4H3,(H,24,25,26,27). The number of carbonyl (C=O) groups excluding carboxylic acids is 1. The normalized spacial score (nSPS) is 14.8. The third-order valence-corrected chi connectivity index (χ3v) is 5.65. The number of carbonyl (C=O) groups is 1. The zero-order valence-electron chi connectivity index (χ0n) is 18.4. The highest BCUT2D eigenvalue weighted by molar-refractivity contribution is 5.96. The number of hydrogen-bond acceptors (Lipinski definition) is 7. The Hall–Kier alpha value is -3.29. The fraction of sp³-hybridized carbons (Fsp3) is 0.435. The Kier molecular flexibility index (Phi) is 5.97. The monoisotopic (exact) mass is 420 g/mol. The smallest absolute Gasteiger partial charge is 0.259 e. The number of nitrogens with zero attached hydrogens (tertiary/aromatic N) is 5. The first-order valence-electron chi connectivity index (χ1n) is 10.7. The van der Waals surface area contributed by atoms with E-state index in [1.807, 2.05) is 31.7 Å². The molecule has 0 radical (unpaired) electrons. The molecule has 4 heterocycles. The molecule has 1 fully saturated rings. The molecule has 31 heavy (non-hydrogen) atoms. The van der Waals surface area contributed by atoms with Crippen molar-refractivity contribution in [2.45, 2.75) is 52.4 Å². The maximum atomic E-state index is 13.1. The number of pyridine rings is 1. The van der Waals surface area contributed by atoms with E-state index in [2.05, 4.69) is 26.5 Å². The van der Waals surface area contributed by atoms with Crippen LogP contribution >= 0.6 is 0 Å². The van der Waals surface area contributed by atoms with Gasteiger partial charge in [0.2, 0.25) is 5.95 Å². The van der Waals surface area contributed by atoms with Crippen molar-refractivity contribution < 1.29 is 9.32 Å². The largest absolute Gasteiger partial charge is 0.361 e. The molecule has 4 rings (SSSR count). The molecule has 0 atom stereocenters. The van der Waals surface area contributed by atoms with Gasteiger partial charge in [-0.25, -0.2) is 9.97 Å². The van der Waals surface area contributed by atoms with Gasteiger partial charge in [0.05, 0.1) is 5.69 Å². The number of nitrogens with one attached hydrogen (secondary N) is 1. The molecule has 3 aromatic rings. The van der Waals surface area contributed by atoms with E-state index in [1.54, 1.807) is 25.4 Å². The minimum absolute atomic E-state index is 0.0154. The third-order valence-electron chi connectivity index (χ3n) is 5.65. The second-order valence-corrected chi connectivity index (χ2v) is 8.34. The first kappa shape index (κ1) is 21.0. The van der Waals surface area contributed by atoms with E-state index in [0.29, 0.717) is 36.3 Å². The Balaban J connectivity index is 1.45. The number of rotatable bonds is 5. The van der Waals surface area contributed by atoms with E-state index < -0.39 is 0 Å². The molecule has 0 saturated carbocycles. The van der Waals surface area contributed by atoms with Crippen molar-refractivity contribution in [3.63, 3.8) is 0 Å². The second kappa shape index (κ2) is 8.83. The summed E-state index contributed by atoms with van der Waals surface area (Å²) < 4.78 is 5.31. The minimum Gasteiger partial charge on any atom is -0.361 e. The highest BCUT2D eigenvalue weighted by Crippen LogP contribution is 2.31. The Morgan fingerprint density at radius 1 is 1.16 bits per heavy atom. The number of amides is 1. The molecule has 0 spiro atoms. The van der Waals surface area contributed by atoms with Crippen LogP contribution in [-0.2, 0) is 0 Å². The summed E-state index contributed by atoms with van der Waals surface area (Å²) in [5.41, 5.74) is 4.26. The van der Waals surface area contributed by atoms with Gasteiger partial charge in [0.1, 0.15) is 11.3 Å². The van der Waals surface area contributed by atoms with Crippen LogP contribution in [0.3, 0.4) is 0 Å². The molecule has 0 unspecified atom stereocenters. The Bertz CT molecular complexity index is 1060. The molecule has 1 saturated heterocycles. The van der Waals surface area contributed by atoms with Gasteiger partial charge in [0, 0.05) is 48.5 Å². The lowest BCUT2D eigenvalue weighted by Crippen LogP contribution is -2.38. The number of likely N-dealkylation sites (tertiary alicyclic amines) is 1. The van der Waals surface area contributed by atoms with Crippen LogP contribution < -0.4 is 5.32 Å². The van der Waals surface area contributed by atoms with E-state index in [1.165, 1.54) is 0 Å². The van der Waals surface area contributed by atoms with Crippen LogP contribution in [0.1, 0.15) is 71.7 Å². The van der Waals surface area contributed by atoms with Crippen molar-refractivity contribution in [3.8, 4) is 0 Å². The molecule has 162 valence electrons. The summed E-state index contributed by atoms with van der Waals surface area (Å²) in [7, 11) is 0. The highest BCUT2D eigenvalue weighted by Gasteiger charge is 2.30. The summed E-state index contributed by atoms with van der Waals surface area (Å²) in [6.45, 7) is 9.21. The number of anilines is 2. The molecule has 1 aliphatic rings. The molecule has 8 heteroatoms. The Labute approximate surface area is 182 Å². The van der Waals surface area contributed by atoms with Crippen molar-refractivity contribution >= 4 is 17.5 Å². The zero-order valence-corrected chi connectivity index (χ0v) is 18.4. The van der Waals surface area contributed by atoms with Crippen LogP contribution in [0.2, 0.25) is 0 Å². The molecule has 0 aromatic carbocycles. The quantitative estimate of drug-likeness (QED) is 0.655. The molecule has 1 aliphatic heterocycles. The lowest BCUT2D eigenvalue weighted by molar-refractivity contribution is 0.0709. The van der Waals surface area contributed by atoms with Gasteiger partial charge in [0.15, 0.2) is 0 Å². The SMILES string of the molecule is Cc1cc(Nc2ncccn2)cc(C2CCN(C(=O)c3c(C(C)C)noc3C)CC2)n1. The average Bonchev–Trinajstić information content (AvgIpc) is 3.15. The number of aryl methyl sites for hydroxylation is 2. The first-order chi connectivity index (χ1) is 14.9. The summed E-state index contributed by atoms with van der Waals surface area (Å²) in [5, 5.41) is 7.35. The second-order valence-electron chi connectivity index (χ2n) is 8.34. The molecule has 8 nitrogen and oxygen atoms in total. The molecule has 1 N–H and O–H groups in total. The van der Waals surface area contributed by atoms with Crippen LogP contribution in [0, 0.1) is 13.8 Å². The molecule has 1 amide bonds. The van der Waals surface area contributed by atoms with Gasteiger partial charge in [-0.1, -0.05) is 19.0 Å². The molecule has 3 aromatic heterocycles. The summed E-state index contributed by atoms with van der Waals surface area (Å²) >= 11 is 0. The van der Waals surface area contributed by atoms with Gasteiger partial charge in [-0.05, 0) is 50.8 Å². The Morgan fingerprint density at radius 2 is 1.87 bits per heavy atom. The van der Waals surface area contributed by atoms with Crippen LogP contribution in [0.15, 0.2) is 35.1 Å². The lowest BCUT2D eigenvalue weighted by Gasteiger charge is -2.32. The van der Waals surface area contributed by atoms with Gasteiger partial charge < -0.3 is 14.7 Å². The van der Waals surface area contributed by atoms with Crippen LogP contribution in [-0.4, -0.2) is 44.0 Å². The maximum absolute atomic E-state index is 13.1. The van der Waals surface area contributed by atoms with Crippen molar-refractivity contribution in [2.75, 3.05) is 18.4 Å². The first-order valence-corrected chi connectivity index (χ1v) is 10.7. The maximum Gasteiger partial charge on any atom is 0.259 e. The van der Waals surface area contributed by atoms with Gasteiger partial charge in [-0.2, -0.15) is 0 Å². The average molecular weight is 421 g/mol. The number of piperidine rings is 1. The predicted molar refractivity (Wildman–Crippen MR) is 117 cm³/mol. The summed E-state index contributed by atoms with van der Waals surface area (Å²) in [6.07, 6.45) is 5.15. The van der Waals surface area contributed by atoms with Gasteiger partial charge in [-0.3, -0.25) is 9.78 Å². The van der Waals surface area contributed by atoms with E-state index >= 15 is 0 Å². The molecular weight excluding hydrogens is 392 g/mol. The fourth-order valence-electron chi connectivity index (χ4n) is 4.05. The molecule has 0 aliphatic carbocycles. The highest BCUT2D eigenvalue weighted by atomic mass is 16.5. The van der Waals surface area contributed by atoms with Crippen molar-refractivity contribution in [2.24, 2.45) is 0 Å². The van der Waals surface area contributed by atoms with E-state index in [9.17, 15) is 4.79 Å². The minimum atomic E-state index is 0.0154. The predicted octanol–water partition coefficient (Wildman–Crippen LogP) is 4.36. The fourth-order valence-corrected chi connectivity index (χ4v) is 4.05. The van der Waals surface area contributed by atoms with Crippen LogP contribution in [0.25, 0.3) is 0 Å².